The first-order chi connectivity index (χ1) is 17.7. The number of nitrogens with zero attached hydrogens (tertiary/aromatic N) is 4. The number of fused-ring (bicyclic) bond motifs is 2. The summed E-state index contributed by atoms with van der Waals surface area (Å²) >= 11 is 1.44. The zero-order valence-electron chi connectivity index (χ0n) is 19.0. The molecule has 36 heavy (non-hydrogen) atoms. The molecule has 0 saturated heterocycles. The first kappa shape index (κ1) is 21.8. The number of carbonyl (C=O) groups excluding carboxylic acids is 1. The van der Waals surface area contributed by atoms with Crippen molar-refractivity contribution in [3.05, 3.63) is 124 Å². The lowest BCUT2D eigenvalue weighted by Crippen LogP contribution is -2.25. The molecule has 2 aromatic carbocycles. The van der Waals surface area contributed by atoms with Crippen LogP contribution in [-0.4, -0.2) is 25.4 Å². The van der Waals surface area contributed by atoms with E-state index in [0.29, 0.717) is 39.5 Å². The highest BCUT2D eigenvalue weighted by Crippen LogP contribution is 2.26. The van der Waals surface area contributed by atoms with Crippen LogP contribution in [-0.2, 0) is 6.42 Å². The van der Waals surface area contributed by atoms with Gasteiger partial charge >= 0.3 is 0 Å². The predicted molar refractivity (Wildman–Crippen MR) is 142 cm³/mol. The van der Waals surface area contributed by atoms with Crippen LogP contribution in [0.15, 0.2) is 102 Å². The molecule has 0 radical (unpaired) electrons. The largest absolute Gasteiger partial charge is 0.321 e. The normalized spacial score (nSPS) is 11.1. The second-order valence-corrected chi connectivity index (χ2v) is 9.32. The monoisotopic (exact) mass is 489 g/mol. The molecule has 0 saturated carbocycles. The number of thiophene rings is 1. The number of hydrogen-bond donors (Lipinski definition) is 1. The number of hydrogen-bond acceptors (Lipinski definition) is 6. The molecule has 7 nitrogen and oxygen atoms in total. The van der Waals surface area contributed by atoms with E-state index in [1.807, 2.05) is 54.6 Å². The van der Waals surface area contributed by atoms with Crippen molar-refractivity contribution in [1.29, 1.82) is 0 Å². The number of rotatable bonds is 5. The van der Waals surface area contributed by atoms with Crippen molar-refractivity contribution < 1.29 is 4.79 Å². The number of aromatic nitrogens is 4. The molecule has 0 spiro atoms. The molecule has 0 atom stereocenters. The number of benzene rings is 2. The quantitative estimate of drug-likeness (QED) is 0.358. The first-order valence-electron chi connectivity index (χ1n) is 11.3. The maximum absolute atomic E-state index is 13.6. The molecular formula is C28H19N5O2S. The van der Waals surface area contributed by atoms with Gasteiger partial charge in [-0.05, 0) is 59.5 Å². The number of carbonyl (C=O) groups is 1. The Morgan fingerprint density at radius 1 is 0.944 bits per heavy atom. The summed E-state index contributed by atoms with van der Waals surface area (Å²) in [4.78, 5) is 40.4. The van der Waals surface area contributed by atoms with Crippen LogP contribution in [0.3, 0.4) is 0 Å². The Labute approximate surface area is 209 Å². The Morgan fingerprint density at radius 2 is 1.83 bits per heavy atom. The molecule has 174 valence electrons. The highest BCUT2D eigenvalue weighted by molar-refractivity contribution is 7.20. The molecule has 0 unspecified atom stereocenters. The van der Waals surface area contributed by atoms with Crippen molar-refractivity contribution in [3.63, 3.8) is 0 Å². The number of anilines is 1. The van der Waals surface area contributed by atoms with Gasteiger partial charge in [0.05, 0.1) is 10.6 Å². The van der Waals surface area contributed by atoms with E-state index >= 15 is 0 Å². The minimum atomic E-state index is -0.266. The Bertz CT molecular complexity index is 1760. The van der Waals surface area contributed by atoms with Crippen LogP contribution in [0, 0.1) is 0 Å². The maximum atomic E-state index is 13.6. The van der Waals surface area contributed by atoms with Crippen molar-refractivity contribution in [2.75, 3.05) is 5.32 Å². The highest BCUT2D eigenvalue weighted by atomic mass is 32.1. The fourth-order valence-electron chi connectivity index (χ4n) is 4.13. The second kappa shape index (κ2) is 9.16. The van der Waals surface area contributed by atoms with Crippen LogP contribution in [0.4, 0.5) is 5.69 Å². The topological polar surface area (TPSA) is 89.8 Å². The molecule has 6 aromatic rings. The van der Waals surface area contributed by atoms with E-state index in [2.05, 4.69) is 20.3 Å². The molecule has 4 aromatic heterocycles. The standard InChI is InChI=1S/C28H19N5O2S/c34-27(25-15-19-7-1-2-11-24(19)36-25)31-20-8-3-9-21(16-20)33-26-22(10-5-13-30-26)32-23(28(33)35)14-18-6-4-12-29-17-18/h1-13,15-17H,14H2,(H,31,34). The van der Waals surface area contributed by atoms with Gasteiger partial charge in [0.15, 0.2) is 5.65 Å². The zero-order chi connectivity index (χ0) is 24.5. The Morgan fingerprint density at radius 3 is 2.69 bits per heavy atom. The fourth-order valence-corrected chi connectivity index (χ4v) is 5.08. The average Bonchev–Trinajstić information content (AvgIpc) is 3.35. The summed E-state index contributed by atoms with van der Waals surface area (Å²) in [7, 11) is 0. The van der Waals surface area contributed by atoms with Crippen molar-refractivity contribution >= 4 is 44.2 Å². The van der Waals surface area contributed by atoms with Gasteiger partial charge in [-0.15, -0.1) is 11.3 Å². The van der Waals surface area contributed by atoms with Crippen LogP contribution in [0.2, 0.25) is 0 Å². The van der Waals surface area contributed by atoms with Crippen LogP contribution < -0.4 is 10.9 Å². The molecule has 0 aliphatic carbocycles. The summed E-state index contributed by atoms with van der Waals surface area (Å²) in [5, 5.41) is 3.99. The molecule has 1 N–H and O–H groups in total. The number of nitrogens with one attached hydrogen (secondary N) is 1. The lowest BCUT2D eigenvalue weighted by molar-refractivity contribution is 0.103. The number of amides is 1. The van der Waals surface area contributed by atoms with Gasteiger partial charge in [0.1, 0.15) is 11.2 Å². The molecular weight excluding hydrogens is 470 g/mol. The highest BCUT2D eigenvalue weighted by Gasteiger charge is 2.16. The summed E-state index contributed by atoms with van der Waals surface area (Å²) in [6.07, 6.45) is 5.40. The SMILES string of the molecule is O=C(Nc1cccc(-n2c(=O)c(Cc3cccnc3)nc3cccnc32)c1)c1cc2ccccc2s1. The van der Waals surface area contributed by atoms with Gasteiger partial charge < -0.3 is 5.32 Å². The van der Waals surface area contributed by atoms with Crippen LogP contribution in [0.5, 0.6) is 0 Å². The molecule has 1 amide bonds. The fraction of sp³-hybridized carbons (Fsp3) is 0.0357. The third-order valence-corrected chi connectivity index (χ3v) is 6.90. The molecule has 8 heteroatoms. The van der Waals surface area contributed by atoms with Crippen LogP contribution >= 0.6 is 11.3 Å². The molecule has 4 heterocycles. The minimum absolute atomic E-state index is 0.198. The maximum Gasteiger partial charge on any atom is 0.278 e. The molecule has 0 fully saturated rings. The van der Waals surface area contributed by atoms with Gasteiger partial charge in [0.25, 0.3) is 11.5 Å². The van der Waals surface area contributed by atoms with E-state index in [0.717, 1.165) is 15.6 Å². The Kier molecular flexibility index (Phi) is 5.55. The van der Waals surface area contributed by atoms with Gasteiger partial charge in [-0.1, -0.05) is 30.3 Å². The van der Waals surface area contributed by atoms with Crippen molar-refractivity contribution in [1.82, 2.24) is 19.5 Å². The summed E-state index contributed by atoms with van der Waals surface area (Å²) in [6.45, 7) is 0. The summed E-state index contributed by atoms with van der Waals surface area (Å²) in [5.41, 5.74) is 3.24. The second-order valence-electron chi connectivity index (χ2n) is 8.24. The van der Waals surface area contributed by atoms with E-state index < -0.39 is 0 Å². The lowest BCUT2D eigenvalue weighted by atomic mass is 10.1. The average molecular weight is 490 g/mol. The van der Waals surface area contributed by atoms with E-state index in [4.69, 9.17) is 0 Å². The van der Waals surface area contributed by atoms with Gasteiger partial charge in [0.2, 0.25) is 0 Å². The van der Waals surface area contributed by atoms with Crippen molar-refractivity contribution in [2.45, 2.75) is 6.42 Å². The molecule has 0 aliphatic rings. The van der Waals surface area contributed by atoms with E-state index in [1.165, 1.54) is 11.3 Å². The van der Waals surface area contributed by atoms with Gasteiger partial charge in [-0.2, -0.15) is 0 Å². The first-order valence-corrected chi connectivity index (χ1v) is 12.1. The Balaban J connectivity index is 1.39. The Hall–Kier alpha value is -4.69. The minimum Gasteiger partial charge on any atom is -0.321 e. The van der Waals surface area contributed by atoms with E-state index in [9.17, 15) is 9.59 Å². The lowest BCUT2D eigenvalue weighted by Gasteiger charge is -2.13. The predicted octanol–water partition coefficient (Wildman–Crippen LogP) is 5.23. The summed E-state index contributed by atoms with van der Waals surface area (Å²) in [5.74, 6) is -0.198. The van der Waals surface area contributed by atoms with Gasteiger partial charge in [0, 0.05) is 35.4 Å². The van der Waals surface area contributed by atoms with E-state index in [-0.39, 0.29) is 11.5 Å². The molecule has 0 aliphatic heterocycles. The van der Waals surface area contributed by atoms with Gasteiger partial charge in [-0.25, -0.2) is 9.97 Å². The smallest absolute Gasteiger partial charge is 0.278 e. The van der Waals surface area contributed by atoms with E-state index in [1.54, 1.807) is 47.4 Å². The van der Waals surface area contributed by atoms with Crippen molar-refractivity contribution in [3.8, 4) is 5.69 Å². The van der Waals surface area contributed by atoms with Crippen LogP contribution in [0.1, 0.15) is 20.9 Å². The summed E-state index contributed by atoms with van der Waals surface area (Å²) in [6, 6.07) is 24.3. The molecule has 0 bridgehead atoms. The van der Waals surface area contributed by atoms with Gasteiger partial charge in [-0.3, -0.25) is 19.1 Å². The van der Waals surface area contributed by atoms with Crippen LogP contribution in [0.25, 0.3) is 26.9 Å². The van der Waals surface area contributed by atoms with Crippen molar-refractivity contribution in [2.24, 2.45) is 0 Å². The zero-order valence-corrected chi connectivity index (χ0v) is 19.8. The third kappa shape index (κ3) is 4.14. The third-order valence-electron chi connectivity index (χ3n) is 5.79. The summed E-state index contributed by atoms with van der Waals surface area (Å²) < 4.78 is 2.60. The molecule has 6 rings (SSSR count). The number of pyridine rings is 2.